The Morgan fingerprint density at radius 2 is 1.90 bits per heavy atom. The van der Waals surface area contributed by atoms with Gasteiger partial charge in [0.15, 0.2) is 0 Å². The van der Waals surface area contributed by atoms with Crippen molar-refractivity contribution < 1.29 is 0 Å². The molecule has 2 aromatic rings. The summed E-state index contributed by atoms with van der Waals surface area (Å²) in [6.07, 6.45) is 2.04. The van der Waals surface area contributed by atoms with Gasteiger partial charge in [0, 0.05) is 23.2 Å². The highest BCUT2D eigenvalue weighted by Gasteiger charge is 2.16. The number of nitrogens with zero attached hydrogens (tertiary/aromatic N) is 1. The molecule has 2 aromatic carbocycles. The van der Waals surface area contributed by atoms with E-state index in [-0.39, 0.29) is 0 Å². The first-order valence-corrected chi connectivity index (χ1v) is 7.87. The summed E-state index contributed by atoms with van der Waals surface area (Å²) < 4.78 is 1.17. The van der Waals surface area contributed by atoms with Crippen LogP contribution in [0.15, 0.2) is 46.9 Å². The molecule has 3 rings (SSSR count). The van der Waals surface area contributed by atoms with E-state index in [0.717, 1.165) is 25.9 Å². The summed E-state index contributed by atoms with van der Waals surface area (Å²) in [7, 11) is 0. The van der Waals surface area contributed by atoms with E-state index >= 15 is 0 Å². The highest BCUT2D eigenvalue weighted by atomic mass is 79.9. The molecule has 1 aliphatic rings. The van der Waals surface area contributed by atoms with Crippen LogP contribution in [-0.2, 0) is 19.4 Å². The zero-order valence-corrected chi connectivity index (χ0v) is 13.1. The van der Waals surface area contributed by atoms with Crippen LogP contribution in [0.25, 0.3) is 0 Å². The number of hydrogen-bond donors (Lipinski definition) is 1. The number of halogens is 1. The van der Waals surface area contributed by atoms with E-state index in [0.29, 0.717) is 6.54 Å². The van der Waals surface area contributed by atoms with Crippen molar-refractivity contribution in [3.05, 3.63) is 63.6 Å². The predicted molar refractivity (Wildman–Crippen MR) is 88.1 cm³/mol. The van der Waals surface area contributed by atoms with Gasteiger partial charge in [0.2, 0.25) is 0 Å². The van der Waals surface area contributed by atoms with Crippen LogP contribution in [0.2, 0.25) is 0 Å². The van der Waals surface area contributed by atoms with E-state index in [1.165, 1.54) is 26.9 Å². The van der Waals surface area contributed by atoms with Crippen molar-refractivity contribution in [2.24, 2.45) is 5.73 Å². The third-order valence-electron chi connectivity index (χ3n) is 3.95. The summed E-state index contributed by atoms with van der Waals surface area (Å²) >= 11 is 3.66. The number of anilines is 1. The molecule has 0 bridgehead atoms. The molecule has 3 heteroatoms. The van der Waals surface area contributed by atoms with Crippen molar-refractivity contribution in [2.45, 2.75) is 19.4 Å². The number of hydrogen-bond acceptors (Lipinski definition) is 2. The van der Waals surface area contributed by atoms with E-state index in [1.54, 1.807) is 0 Å². The quantitative estimate of drug-likeness (QED) is 0.933. The van der Waals surface area contributed by atoms with Crippen molar-refractivity contribution in [3.8, 4) is 0 Å². The second-order valence-corrected chi connectivity index (χ2v) is 6.11. The fourth-order valence-corrected chi connectivity index (χ4v) is 3.37. The Morgan fingerprint density at radius 1 is 1.10 bits per heavy atom. The maximum atomic E-state index is 5.63. The lowest BCUT2D eigenvalue weighted by atomic mass is 9.99. The van der Waals surface area contributed by atoms with Gasteiger partial charge in [-0.3, -0.25) is 0 Å². The van der Waals surface area contributed by atoms with Crippen LogP contribution in [0.1, 0.15) is 16.7 Å². The Bertz CT molecular complexity index is 610. The normalized spacial score (nSPS) is 14.2. The molecular weight excluding hydrogens is 312 g/mol. The lowest BCUT2D eigenvalue weighted by molar-refractivity contribution is 0.731. The van der Waals surface area contributed by atoms with Gasteiger partial charge in [-0.1, -0.05) is 46.3 Å². The summed E-state index contributed by atoms with van der Waals surface area (Å²) in [6, 6.07) is 15.4. The van der Waals surface area contributed by atoms with Gasteiger partial charge in [-0.05, 0) is 48.2 Å². The highest BCUT2D eigenvalue weighted by molar-refractivity contribution is 9.10. The second kappa shape index (κ2) is 5.98. The number of benzene rings is 2. The van der Waals surface area contributed by atoms with E-state index in [9.17, 15) is 0 Å². The Kier molecular flexibility index (Phi) is 4.08. The maximum absolute atomic E-state index is 5.63. The standard InChI is InChI=1S/C17H19BrN2/c18-17-11-16(6-5-14(17)7-9-19)20-10-8-13-3-1-2-4-15(13)12-20/h1-6,11H,7-10,12,19H2. The fourth-order valence-electron chi connectivity index (χ4n) is 2.81. The minimum Gasteiger partial charge on any atom is -0.367 e. The van der Waals surface area contributed by atoms with E-state index in [1.807, 2.05) is 0 Å². The predicted octanol–water partition coefficient (Wildman–Crippen LogP) is 3.51. The molecule has 1 heterocycles. The molecule has 1 aliphatic heterocycles. The third-order valence-corrected chi connectivity index (χ3v) is 4.68. The van der Waals surface area contributed by atoms with Gasteiger partial charge in [-0.25, -0.2) is 0 Å². The number of fused-ring (bicyclic) bond motifs is 1. The minimum absolute atomic E-state index is 0.690. The van der Waals surface area contributed by atoms with E-state index in [2.05, 4.69) is 63.3 Å². The van der Waals surface area contributed by atoms with Crippen molar-refractivity contribution >= 4 is 21.6 Å². The molecule has 0 aromatic heterocycles. The lowest BCUT2D eigenvalue weighted by Crippen LogP contribution is -2.30. The highest BCUT2D eigenvalue weighted by Crippen LogP contribution is 2.28. The van der Waals surface area contributed by atoms with Gasteiger partial charge in [0.05, 0.1) is 0 Å². The average molecular weight is 331 g/mol. The number of rotatable bonds is 3. The summed E-state index contributed by atoms with van der Waals surface area (Å²) in [5.41, 5.74) is 11.1. The van der Waals surface area contributed by atoms with Crippen LogP contribution >= 0.6 is 15.9 Å². The van der Waals surface area contributed by atoms with Crippen molar-refractivity contribution in [2.75, 3.05) is 18.0 Å². The molecule has 2 N–H and O–H groups in total. The van der Waals surface area contributed by atoms with Crippen LogP contribution in [0.5, 0.6) is 0 Å². The molecule has 20 heavy (non-hydrogen) atoms. The van der Waals surface area contributed by atoms with Gasteiger partial charge in [0.25, 0.3) is 0 Å². The molecular formula is C17H19BrN2. The smallest absolute Gasteiger partial charge is 0.0432 e. The summed E-state index contributed by atoms with van der Waals surface area (Å²) in [6.45, 7) is 2.77. The van der Waals surface area contributed by atoms with Crippen LogP contribution in [-0.4, -0.2) is 13.1 Å². The average Bonchev–Trinajstić information content (AvgIpc) is 2.49. The number of nitrogens with two attached hydrogens (primary N) is 1. The molecule has 0 aliphatic carbocycles. The van der Waals surface area contributed by atoms with Crippen molar-refractivity contribution in [3.63, 3.8) is 0 Å². The zero-order valence-electron chi connectivity index (χ0n) is 11.5. The van der Waals surface area contributed by atoms with Crippen LogP contribution in [0, 0.1) is 0 Å². The lowest BCUT2D eigenvalue weighted by Gasteiger charge is -2.31. The first kappa shape index (κ1) is 13.7. The van der Waals surface area contributed by atoms with Crippen molar-refractivity contribution in [1.29, 1.82) is 0 Å². The fraction of sp³-hybridized carbons (Fsp3) is 0.294. The van der Waals surface area contributed by atoms with Gasteiger partial charge >= 0.3 is 0 Å². The Labute approximate surface area is 128 Å². The van der Waals surface area contributed by atoms with E-state index in [4.69, 9.17) is 5.73 Å². The largest absolute Gasteiger partial charge is 0.367 e. The summed E-state index contributed by atoms with van der Waals surface area (Å²) in [5.74, 6) is 0. The van der Waals surface area contributed by atoms with Gasteiger partial charge in [0.1, 0.15) is 0 Å². The molecule has 0 amide bonds. The first-order chi connectivity index (χ1) is 9.78. The minimum atomic E-state index is 0.690. The SMILES string of the molecule is NCCc1ccc(N2CCc3ccccc3C2)cc1Br. The Morgan fingerprint density at radius 3 is 2.65 bits per heavy atom. The van der Waals surface area contributed by atoms with Gasteiger partial charge < -0.3 is 10.6 Å². The van der Waals surface area contributed by atoms with Crippen molar-refractivity contribution in [1.82, 2.24) is 0 Å². The molecule has 0 spiro atoms. The summed E-state index contributed by atoms with van der Waals surface area (Å²) in [5, 5.41) is 0. The van der Waals surface area contributed by atoms with Gasteiger partial charge in [-0.2, -0.15) is 0 Å². The molecule has 0 saturated carbocycles. The zero-order chi connectivity index (χ0) is 13.9. The maximum Gasteiger partial charge on any atom is 0.0432 e. The van der Waals surface area contributed by atoms with Crippen LogP contribution in [0.3, 0.4) is 0 Å². The second-order valence-electron chi connectivity index (χ2n) is 5.25. The molecule has 0 fully saturated rings. The Hall–Kier alpha value is -1.32. The summed E-state index contributed by atoms with van der Waals surface area (Å²) in [4.78, 5) is 2.44. The van der Waals surface area contributed by atoms with Crippen LogP contribution in [0.4, 0.5) is 5.69 Å². The van der Waals surface area contributed by atoms with E-state index < -0.39 is 0 Å². The molecule has 2 nitrogen and oxygen atoms in total. The Balaban J connectivity index is 1.83. The molecule has 104 valence electrons. The monoisotopic (exact) mass is 330 g/mol. The topological polar surface area (TPSA) is 29.3 Å². The molecule has 0 unspecified atom stereocenters. The van der Waals surface area contributed by atoms with Crippen LogP contribution < -0.4 is 10.6 Å². The molecule has 0 saturated heterocycles. The molecule has 0 radical (unpaired) electrons. The first-order valence-electron chi connectivity index (χ1n) is 7.08. The third kappa shape index (κ3) is 2.74. The molecule has 0 atom stereocenters. The van der Waals surface area contributed by atoms with Gasteiger partial charge in [-0.15, -0.1) is 0 Å².